The van der Waals surface area contributed by atoms with E-state index >= 15 is 0 Å². The van der Waals surface area contributed by atoms with Gasteiger partial charge < -0.3 is 29.8 Å². The lowest BCUT2D eigenvalue weighted by atomic mass is 10.0. The molecule has 5 heterocycles. The van der Waals surface area contributed by atoms with Crippen molar-refractivity contribution < 1.29 is 27.8 Å². The SMILES string of the molecule is CCO[C@@H]1CCOC[C@H]1N(Cc1ccc(-c2c(F)cccc2F)cn1)C(=O)c1cc2nc(N)c3c(c2[nH]1)COC3. The number of benzene rings is 1. The van der Waals surface area contributed by atoms with Crippen molar-refractivity contribution in [1.82, 2.24) is 19.9 Å². The Kier molecular flexibility index (Phi) is 7.18. The number of carbonyl (C=O) groups excluding carboxylic acids is 1. The van der Waals surface area contributed by atoms with E-state index in [1.54, 1.807) is 23.1 Å². The third-order valence-corrected chi connectivity index (χ3v) is 7.45. The summed E-state index contributed by atoms with van der Waals surface area (Å²) in [7, 11) is 0. The first-order valence-corrected chi connectivity index (χ1v) is 13.2. The molecular weight excluding hydrogens is 520 g/mol. The van der Waals surface area contributed by atoms with Gasteiger partial charge in [-0.1, -0.05) is 12.1 Å². The molecule has 208 valence electrons. The van der Waals surface area contributed by atoms with Gasteiger partial charge in [0, 0.05) is 36.1 Å². The Labute approximate surface area is 229 Å². The lowest BCUT2D eigenvalue weighted by Crippen LogP contribution is -2.53. The average Bonchev–Trinajstić information content (AvgIpc) is 3.61. The standard InChI is InChI=1S/C29H29F2N5O4/c1-2-40-25-8-9-38-15-24(25)36(12-17-7-6-16(11-33-17)26-20(30)4-3-5-21(26)31)29(37)23-10-22-27(34-23)18-13-39-14-19(18)28(32)35-22/h3-7,10-11,24-25,34H,2,8-9,12-15H2,1H3,(H2,32,35)/t24-,25-/m1/s1. The predicted molar refractivity (Wildman–Crippen MR) is 143 cm³/mol. The van der Waals surface area contributed by atoms with Crippen LogP contribution in [0.1, 0.15) is 40.7 Å². The van der Waals surface area contributed by atoms with Crippen molar-refractivity contribution in [2.45, 2.75) is 45.2 Å². The van der Waals surface area contributed by atoms with Crippen molar-refractivity contribution in [3.05, 3.63) is 76.7 Å². The summed E-state index contributed by atoms with van der Waals surface area (Å²) >= 11 is 0. The van der Waals surface area contributed by atoms with Crippen LogP contribution in [-0.2, 0) is 34.0 Å². The van der Waals surface area contributed by atoms with Gasteiger partial charge in [-0.05, 0) is 37.6 Å². The first kappa shape index (κ1) is 26.3. The molecule has 0 aliphatic carbocycles. The van der Waals surface area contributed by atoms with Gasteiger partial charge in [-0.2, -0.15) is 0 Å². The fourth-order valence-corrected chi connectivity index (χ4v) is 5.47. The largest absolute Gasteiger partial charge is 0.383 e. The minimum Gasteiger partial charge on any atom is -0.383 e. The molecule has 0 saturated carbocycles. The van der Waals surface area contributed by atoms with Crippen LogP contribution in [0, 0.1) is 11.6 Å². The maximum Gasteiger partial charge on any atom is 0.271 e. The molecule has 0 radical (unpaired) electrons. The molecule has 3 N–H and O–H groups in total. The number of nitrogens with zero attached hydrogens (tertiary/aromatic N) is 3. The number of nitrogen functional groups attached to an aromatic ring is 1. The second kappa shape index (κ2) is 10.9. The molecule has 1 aromatic carbocycles. The van der Waals surface area contributed by atoms with Crippen molar-refractivity contribution in [2.75, 3.05) is 25.6 Å². The number of hydrogen-bond donors (Lipinski definition) is 2. The Bertz CT molecular complexity index is 1540. The molecule has 11 heteroatoms. The number of pyridine rings is 2. The number of H-pyrrole nitrogens is 1. The lowest BCUT2D eigenvalue weighted by Gasteiger charge is -2.39. The van der Waals surface area contributed by atoms with E-state index in [4.69, 9.17) is 19.9 Å². The van der Waals surface area contributed by atoms with Gasteiger partial charge in [0.25, 0.3) is 5.91 Å². The summed E-state index contributed by atoms with van der Waals surface area (Å²) in [4.78, 5) is 27.9. The van der Waals surface area contributed by atoms with Crippen molar-refractivity contribution in [3.8, 4) is 11.1 Å². The van der Waals surface area contributed by atoms with Gasteiger partial charge in [-0.3, -0.25) is 9.78 Å². The minimum absolute atomic E-state index is 0.128. The maximum absolute atomic E-state index is 14.3. The smallest absolute Gasteiger partial charge is 0.271 e. The van der Waals surface area contributed by atoms with Crippen molar-refractivity contribution >= 4 is 22.8 Å². The fourth-order valence-electron chi connectivity index (χ4n) is 5.47. The summed E-state index contributed by atoms with van der Waals surface area (Å²) in [5, 5.41) is 0. The van der Waals surface area contributed by atoms with Gasteiger partial charge in [0.1, 0.15) is 23.1 Å². The lowest BCUT2D eigenvalue weighted by molar-refractivity contribution is -0.0836. The van der Waals surface area contributed by atoms with Gasteiger partial charge in [0.05, 0.1) is 60.8 Å². The number of amides is 1. The fraction of sp³-hybridized carbons (Fsp3) is 0.345. The number of carbonyl (C=O) groups is 1. The number of rotatable bonds is 7. The van der Waals surface area contributed by atoms with E-state index in [-0.39, 0.29) is 30.2 Å². The highest BCUT2D eigenvalue weighted by atomic mass is 19.1. The van der Waals surface area contributed by atoms with Gasteiger partial charge in [-0.25, -0.2) is 13.8 Å². The zero-order valence-corrected chi connectivity index (χ0v) is 22.0. The summed E-state index contributed by atoms with van der Waals surface area (Å²) < 4.78 is 46.0. The summed E-state index contributed by atoms with van der Waals surface area (Å²) in [6.07, 6.45) is 1.82. The number of nitrogens with one attached hydrogen (secondary N) is 1. The normalized spacial score (nSPS) is 18.7. The molecule has 1 fully saturated rings. The number of nitrogens with two attached hydrogens (primary N) is 1. The highest BCUT2D eigenvalue weighted by Crippen LogP contribution is 2.32. The Balaban J connectivity index is 1.35. The highest BCUT2D eigenvalue weighted by molar-refractivity contribution is 5.98. The molecule has 0 spiro atoms. The molecule has 9 nitrogen and oxygen atoms in total. The van der Waals surface area contributed by atoms with E-state index in [0.29, 0.717) is 67.7 Å². The van der Waals surface area contributed by atoms with Gasteiger partial charge in [0.2, 0.25) is 0 Å². The van der Waals surface area contributed by atoms with E-state index in [0.717, 1.165) is 16.6 Å². The third-order valence-electron chi connectivity index (χ3n) is 7.45. The summed E-state index contributed by atoms with van der Waals surface area (Å²) in [5.41, 5.74) is 10.2. The summed E-state index contributed by atoms with van der Waals surface area (Å²) in [5.74, 6) is -1.23. The van der Waals surface area contributed by atoms with E-state index in [9.17, 15) is 13.6 Å². The molecule has 1 amide bonds. The Morgan fingerprint density at radius 3 is 2.73 bits per heavy atom. The summed E-state index contributed by atoms with van der Waals surface area (Å²) in [6, 6.07) is 8.29. The van der Waals surface area contributed by atoms with E-state index in [1.807, 2.05) is 6.92 Å². The van der Waals surface area contributed by atoms with Crippen LogP contribution in [0.25, 0.3) is 22.2 Å². The van der Waals surface area contributed by atoms with E-state index in [1.165, 1.54) is 24.4 Å². The number of anilines is 1. The number of aromatic amines is 1. The number of aromatic nitrogens is 3. The Hall–Kier alpha value is -3.93. The number of ether oxygens (including phenoxy) is 3. The molecule has 3 aromatic heterocycles. The zero-order chi connectivity index (χ0) is 27.8. The molecule has 6 rings (SSSR count). The van der Waals surface area contributed by atoms with Crippen LogP contribution in [0.4, 0.5) is 14.6 Å². The number of fused-ring (bicyclic) bond motifs is 3. The van der Waals surface area contributed by atoms with E-state index in [2.05, 4.69) is 15.0 Å². The first-order valence-electron chi connectivity index (χ1n) is 13.2. The van der Waals surface area contributed by atoms with Crippen LogP contribution >= 0.6 is 0 Å². The Morgan fingerprint density at radius 1 is 1.18 bits per heavy atom. The van der Waals surface area contributed by atoms with E-state index < -0.39 is 11.6 Å². The average molecular weight is 550 g/mol. The Morgan fingerprint density at radius 2 is 1.98 bits per heavy atom. The van der Waals surface area contributed by atoms with Gasteiger partial charge in [-0.15, -0.1) is 0 Å². The molecule has 40 heavy (non-hydrogen) atoms. The maximum atomic E-state index is 14.3. The third kappa shape index (κ3) is 4.80. The molecule has 2 aliphatic heterocycles. The van der Waals surface area contributed by atoms with Crippen molar-refractivity contribution in [1.29, 1.82) is 0 Å². The highest BCUT2D eigenvalue weighted by Gasteiger charge is 2.36. The topological polar surface area (TPSA) is 116 Å². The monoisotopic (exact) mass is 549 g/mol. The molecule has 2 aliphatic rings. The molecular formula is C29H29F2N5O4. The molecule has 0 unspecified atom stereocenters. The van der Waals surface area contributed by atoms with Crippen LogP contribution in [0.15, 0.2) is 42.6 Å². The summed E-state index contributed by atoms with van der Waals surface area (Å²) in [6.45, 7) is 4.13. The number of halogens is 2. The van der Waals surface area contributed by atoms with Crippen LogP contribution in [-0.4, -0.2) is 57.7 Å². The molecule has 0 bridgehead atoms. The molecule has 2 atom stereocenters. The van der Waals surface area contributed by atoms with Gasteiger partial charge in [0.15, 0.2) is 0 Å². The molecule has 1 saturated heterocycles. The predicted octanol–water partition coefficient (Wildman–Crippen LogP) is 4.35. The van der Waals surface area contributed by atoms with Gasteiger partial charge >= 0.3 is 0 Å². The zero-order valence-electron chi connectivity index (χ0n) is 22.0. The van der Waals surface area contributed by atoms with Crippen LogP contribution in [0.5, 0.6) is 0 Å². The van der Waals surface area contributed by atoms with Crippen LogP contribution in [0.3, 0.4) is 0 Å². The number of hydrogen-bond acceptors (Lipinski definition) is 7. The second-order valence-electron chi connectivity index (χ2n) is 9.88. The van der Waals surface area contributed by atoms with Crippen molar-refractivity contribution in [2.24, 2.45) is 0 Å². The second-order valence-corrected chi connectivity index (χ2v) is 9.88. The van der Waals surface area contributed by atoms with Crippen LogP contribution < -0.4 is 5.73 Å². The van der Waals surface area contributed by atoms with Crippen molar-refractivity contribution in [3.63, 3.8) is 0 Å². The minimum atomic E-state index is -0.671. The molecule has 4 aromatic rings. The van der Waals surface area contributed by atoms with Crippen LogP contribution in [0.2, 0.25) is 0 Å². The first-order chi connectivity index (χ1) is 19.4. The quantitative estimate of drug-likeness (QED) is 0.352.